The van der Waals surface area contributed by atoms with E-state index in [1.54, 1.807) is 6.92 Å². The van der Waals surface area contributed by atoms with Gasteiger partial charge in [-0.15, -0.1) is 0 Å². The fourth-order valence-corrected chi connectivity index (χ4v) is 2.74. The number of alkyl halides is 3. The third kappa shape index (κ3) is 3.56. The summed E-state index contributed by atoms with van der Waals surface area (Å²) in [4.78, 5) is 14.1. The molecule has 1 heterocycles. The molecule has 1 unspecified atom stereocenters. The highest BCUT2D eigenvalue weighted by Crippen LogP contribution is 2.32. The SMILES string of the molecule is CCN(C(=O)c1ccccc1C(F)(F)F)C1CCCNC1. The number of amides is 1. The summed E-state index contributed by atoms with van der Waals surface area (Å²) in [6.45, 7) is 3.72. The summed E-state index contributed by atoms with van der Waals surface area (Å²) in [5.41, 5.74) is -1.13. The topological polar surface area (TPSA) is 32.3 Å². The Bertz CT molecular complexity index is 496. The van der Waals surface area contributed by atoms with Crippen LogP contribution in [-0.4, -0.2) is 36.5 Å². The fraction of sp³-hybridized carbons (Fsp3) is 0.533. The molecule has 0 saturated carbocycles. The van der Waals surface area contributed by atoms with Gasteiger partial charge in [0.2, 0.25) is 0 Å². The van der Waals surface area contributed by atoms with Gasteiger partial charge in [0.1, 0.15) is 0 Å². The average molecular weight is 300 g/mol. The number of nitrogens with zero attached hydrogens (tertiary/aromatic N) is 1. The number of hydrogen-bond acceptors (Lipinski definition) is 2. The first-order valence-electron chi connectivity index (χ1n) is 7.13. The molecular formula is C15H19F3N2O. The van der Waals surface area contributed by atoms with Crippen molar-refractivity contribution in [3.63, 3.8) is 0 Å². The number of halogens is 3. The van der Waals surface area contributed by atoms with E-state index in [1.807, 2.05) is 0 Å². The Morgan fingerprint density at radius 1 is 1.38 bits per heavy atom. The van der Waals surface area contributed by atoms with Crippen LogP contribution in [0, 0.1) is 0 Å². The quantitative estimate of drug-likeness (QED) is 0.931. The van der Waals surface area contributed by atoms with E-state index in [1.165, 1.54) is 23.1 Å². The number of benzene rings is 1. The summed E-state index contributed by atoms with van der Waals surface area (Å²) in [5, 5.41) is 3.18. The Morgan fingerprint density at radius 3 is 2.67 bits per heavy atom. The van der Waals surface area contributed by atoms with Gasteiger partial charge in [-0.2, -0.15) is 13.2 Å². The Morgan fingerprint density at radius 2 is 2.10 bits per heavy atom. The number of hydrogen-bond donors (Lipinski definition) is 1. The van der Waals surface area contributed by atoms with Gasteiger partial charge < -0.3 is 10.2 Å². The first-order valence-corrected chi connectivity index (χ1v) is 7.13. The van der Waals surface area contributed by atoms with E-state index in [0.717, 1.165) is 25.5 Å². The highest BCUT2D eigenvalue weighted by Gasteiger charge is 2.36. The van der Waals surface area contributed by atoms with Gasteiger partial charge in [0, 0.05) is 19.1 Å². The van der Waals surface area contributed by atoms with Crippen LogP contribution in [0.3, 0.4) is 0 Å². The standard InChI is InChI=1S/C15H19F3N2O/c1-2-20(11-6-5-9-19-10-11)14(21)12-7-3-4-8-13(12)15(16,17)18/h3-4,7-8,11,19H,2,5-6,9-10H2,1H3. The fourth-order valence-electron chi connectivity index (χ4n) is 2.74. The second-order valence-electron chi connectivity index (χ2n) is 5.13. The van der Waals surface area contributed by atoms with Crippen molar-refractivity contribution in [2.24, 2.45) is 0 Å². The molecule has 116 valence electrons. The van der Waals surface area contributed by atoms with Crippen molar-refractivity contribution < 1.29 is 18.0 Å². The molecule has 1 atom stereocenters. The largest absolute Gasteiger partial charge is 0.417 e. The Labute approximate surface area is 122 Å². The highest BCUT2D eigenvalue weighted by molar-refractivity contribution is 5.96. The Hall–Kier alpha value is -1.56. The van der Waals surface area contributed by atoms with Crippen LogP contribution in [0.5, 0.6) is 0 Å². The van der Waals surface area contributed by atoms with Crippen LogP contribution in [0.1, 0.15) is 35.7 Å². The number of rotatable bonds is 3. The molecule has 0 radical (unpaired) electrons. The minimum Gasteiger partial charge on any atom is -0.335 e. The molecule has 1 aromatic rings. The first kappa shape index (κ1) is 15.8. The van der Waals surface area contributed by atoms with E-state index in [9.17, 15) is 18.0 Å². The van der Waals surface area contributed by atoms with E-state index in [2.05, 4.69) is 5.32 Å². The maximum Gasteiger partial charge on any atom is 0.417 e. The van der Waals surface area contributed by atoms with E-state index in [-0.39, 0.29) is 11.6 Å². The van der Waals surface area contributed by atoms with Crippen molar-refractivity contribution >= 4 is 5.91 Å². The zero-order chi connectivity index (χ0) is 15.5. The van der Waals surface area contributed by atoms with Crippen molar-refractivity contribution in [1.82, 2.24) is 10.2 Å². The molecule has 21 heavy (non-hydrogen) atoms. The molecule has 2 rings (SSSR count). The van der Waals surface area contributed by atoms with Crippen LogP contribution in [0.2, 0.25) is 0 Å². The van der Waals surface area contributed by atoms with Crippen molar-refractivity contribution in [1.29, 1.82) is 0 Å². The predicted octanol–water partition coefficient (Wildman–Crippen LogP) is 2.92. The van der Waals surface area contributed by atoms with Gasteiger partial charge in [0.05, 0.1) is 11.1 Å². The molecule has 1 aromatic carbocycles. The molecule has 1 aliphatic heterocycles. The maximum atomic E-state index is 13.0. The normalized spacial score (nSPS) is 19.3. The maximum absolute atomic E-state index is 13.0. The Kier molecular flexibility index (Phi) is 4.88. The van der Waals surface area contributed by atoms with Crippen LogP contribution >= 0.6 is 0 Å². The van der Waals surface area contributed by atoms with Gasteiger partial charge in [-0.3, -0.25) is 4.79 Å². The smallest absolute Gasteiger partial charge is 0.335 e. The molecule has 1 saturated heterocycles. The molecule has 1 N–H and O–H groups in total. The predicted molar refractivity (Wildman–Crippen MR) is 74.0 cm³/mol. The molecule has 1 fully saturated rings. The highest BCUT2D eigenvalue weighted by atomic mass is 19.4. The Balaban J connectivity index is 2.29. The van der Waals surface area contributed by atoms with Crippen LogP contribution in [0.15, 0.2) is 24.3 Å². The number of likely N-dealkylation sites (N-methyl/N-ethyl adjacent to an activating group) is 1. The van der Waals surface area contributed by atoms with Crippen molar-refractivity contribution in [2.45, 2.75) is 32.0 Å². The van der Waals surface area contributed by atoms with Crippen LogP contribution < -0.4 is 5.32 Å². The second-order valence-corrected chi connectivity index (χ2v) is 5.13. The molecule has 3 nitrogen and oxygen atoms in total. The number of carbonyl (C=O) groups is 1. The number of nitrogens with one attached hydrogen (secondary N) is 1. The lowest BCUT2D eigenvalue weighted by molar-refractivity contribution is -0.138. The van der Waals surface area contributed by atoms with Gasteiger partial charge in [-0.1, -0.05) is 12.1 Å². The third-order valence-corrected chi connectivity index (χ3v) is 3.78. The van der Waals surface area contributed by atoms with E-state index >= 15 is 0 Å². The summed E-state index contributed by atoms with van der Waals surface area (Å²) in [5.74, 6) is -0.542. The minimum atomic E-state index is -4.52. The van der Waals surface area contributed by atoms with Crippen LogP contribution in [0.4, 0.5) is 13.2 Å². The molecular weight excluding hydrogens is 281 g/mol. The van der Waals surface area contributed by atoms with Crippen LogP contribution in [-0.2, 0) is 6.18 Å². The summed E-state index contributed by atoms with van der Waals surface area (Å²) in [6, 6.07) is 4.94. The van der Waals surface area contributed by atoms with Gasteiger partial charge in [0.25, 0.3) is 5.91 Å². The average Bonchev–Trinajstić information content (AvgIpc) is 2.48. The lowest BCUT2D eigenvalue weighted by atomic mass is 10.0. The summed E-state index contributed by atoms with van der Waals surface area (Å²) in [6.07, 6.45) is -2.77. The molecule has 1 aliphatic rings. The number of carbonyl (C=O) groups excluding carboxylic acids is 1. The zero-order valence-electron chi connectivity index (χ0n) is 11.9. The summed E-state index contributed by atoms with van der Waals surface area (Å²) >= 11 is 0. The molecule has 0 aliphatic carbocycles. The monoisotopic (exact) mass is 300 g/mol. The first-order chi connectivity index (χ1) is 9.95. The minimum absolute atomic E-state index is 0.0439. The van der Waals surface area contributed by atoms with E-state index in [0.29, 0.717) is 13.1 Å². The zero-order valence-corrected chi connectivity index (χ0v) is 11.9. The van der Waals surface area contributed by atoms with Crippen molar-refractivity contribution in [3.8, 4) is 0 Å². The lowest BCUT2D eigenvalue weighted by Crippen LogP contribution is -2.48. The molecule has 0 spiro atoms. The van der Waals surface area contributed by atoms with Crippen molar-refractivity contribution in [2.75, 3.05) is 19.6 Å². The number of piperidine rings is 1. The summed E-state index contributed by atoms with van der Waals surface area (Å²) < 4.78 is 39.1. The molecule has 0 aromatic heterocycles. The van der Waals surface area contributed by atoms with E-state index < -0.39 is 17.6 Å². The molecule has 0 bridgehead atoms. The molecule has 1 amide bonds. The van der Waals surface area contributed by atoms with E-state index in [4.69, 9.17) is 0 Å². The third-order valence-electron chi connectivity index (χ3n) is 3.78. The molecule has 6 heteroatoms. The second kappa shape index (κ2) is 6.47. The van der Waals surface area contributed by atoms with Crippen LogP contribution in [0.25, 0.3) is 0 Å². The summed E-state index contributed by atoms with van der Waals surface area (Å²) in [7, 11) is 0. The van der Waals surface area contributed by atoms with Gasteiger partial charge in [-0.25, -0.2) is 0 Å². The van der Waals surface area contributed by atoms with Gasteiger partial charge >= 0.3 is 6.18 Å². The van der Waals surface area contributed by atoms with Crippen molar-refractivity contribution in [3.05, 3.63) is 35.4 Å². The van der Waals surface area contributed by atoms with Gasteiger partial charge in [0.15, 0.2) is 0 Å². The van der Waals surface area contributed by atoms with Gasteiger partial charge in [-0.05, 0) is 38.4 Å². The lowest BCUT2D eigenvalue weighted by Gasteiger charge is -2.34.